The molecule has 0 saturated carbocycles. The molecule has 0 spiro atoms. The molecule has 3 heterocycles. The van der Waals surface area contributed by atoms with Crippen LogP contribution in [0.4, 0.5) is 0 Å². The Morgan fingerprint density at radius 3 is 2.68 bits per heavy atom. The third kappa shape index (κ3) is 6.40. The number of nitrogens with one attached hydrogen (secondary N) is 1. The molecule has 1 amide bonds. The van der Waals surface area contributed by atoms with Crippen LogP contribution in [0.3, 0.4) is 0 Å². The van der Waals surface area contributed by atoms with E-state index < -0.39 is 0 Å². The quantitative estimate of drug-likeness (QED) is 0.860. The standard InChI is InChI=1S/C20H32N4O/c25-20(22-14-18-7-5-9-21-13-18)17-24-12-6-8-19(16-24)15-23-10-3-1-2-4-11-23/h5,7,9,13,19H,1-4,6,8,10-12,14-17H2,(H,22,25). The van der Waals surface area contributed by atoms with Gasteiger partial charge >= 0.3 is 0 Å². The minimum absolute atomic E-state index is 0.124. The number of hydrogen-bond donors (Lipinski definition) is 1. The van der Waals surface area contributed by atoms with Gasteiger partial charge in [-0.25, -0.2) is 0 Å². The third-order valence-electron chi connectivity index (χ3n) is 5.40. The first-order valence-electron chi connectivity index (χ1n) is 9.90. The number of hydrogen-bond acceptors (Lipinski definition) is 4. The van der Waals surface area contributed by atoms with Crippen molar-refractivity contribution in [2.24, 2.45) is 5.92 Å². The maximum Gasteiger partial charge on any atom is 0.234 e. The predicted molar refractivity (Wildman–Crippen MR) is 100 cm³/mol. The molecule has 3 rings (SSSR count). The van der Waals surface area contributed by atoms with Crippen LogP contribution < -0.4 is 5.32 Å². The lowest BCUT2D eigenvalue weighted by Gasteiger charge is -2.35. The van der Waals surface area contributed by atoms with Gasteiger partial charge in [-0.15, -0.1) is 0 Å². The molecular weight excluding hydrogens is 312 g/mol. The van der Waals surface area contributed by atoms with E-state index in [0.717, 1.165) is 24.6 Å². The monoisotopic (exact) mass is 344 g/mol. The highest BCUT2D eigenvalue weighted by Gasteiger charge is 2.23. The molecule has 1 unspecified atom stereocenters. The molecule has 1 aromatic rings. The summed E-state index contributed by atoms with van der Waals surface area (Å²) in [5.74, 6) is 0.845. The number of aromatic nitrogens is 1. The first-order chi connectivity index (χ1) is 12.3. The van der Waals surface area contributed by atoms with Crippen molar-refractivity contribution < 1.29 is 4.79 Å². The van der Waals surface area contributed by atoms with Crippen molar-refractivity contribution in [2.45, 2.75) is 45.1 Å². The van der Waals surface area contributed by atoms with E-state index in [1.807, 2.05) is 12.1 Å². The van der Waals surface area contributed by atoms with Gasteiger partial charge in [0.2, 0.25) is 5.91 Å². The summed E-state index contributed by atoms with van der Waals surface area (Å²) in [6, 6.07) is 3.89. The van der Waals surface area contributed by atoms with Gasteiger partial charge in [0.15, 0.2) is 0 Å². The molecule has 0 bridgehead atoms. The van der Waals surface area contributed by atoms with Gasteiger partial charge in [-0.3, -0.25) is 14.7 Å². The van der Waals surface area contributed by atoms with Crippen LogP contribution >= 0.6 is 0 Å². The van der Waals surface area contributed by atoms with Crippen LogP contribution in [0.25, 0.3) is 0 Å². The molecule has 1 aromatic heterocycles. The van der Waals surface area contributed by atoms with Gasteiger partial charge in [0.25, 0.3) is 0 Å². The van der Waals surface area contributed by atoms with E-state index in [1.54, 1.807) is 12.4 Å². The Labute approximate surface area is 151 Å². The summed E-state index contributed by atoms with van der Waals surface area (Å²) in [5.41, 5.74) is 1.05. The average molecular weight is 345 g/mol. The fraction of sp³-hybridized carbons (Fsp3) is 0.700. The number of piperidine rings is 1. The largest absolute Gasteiger partial charge is 0.351 e. The molecule has 2 aliphatic rings. The molecule has 0 aromatic carbocycles. The third-order valence-corrected chi connectivity index (χ3v) is 5.40. The van der Waals surface area contributed by atoms with E-state index >= 15 is 0 Å². The fourth-order valence-electron chi connectivity index (χ4n) is 4.09. The number of amides is 1. The van der Waals surface area contributed by atoms with Crippen molar-refractivity contribution in [3.8, 4) is 0 Å². The lowest BCUT2D eigenvalue weighted by Crippen LogP contribution is -2.45. The minimum atomic E-state index is 0.124. The first-order valence-corrected chi connectivity index (χ1v) is 9.90. The Bertz CT molecular complexity index is 514. The Balaban J connectivity index is 1.39. The Hall–Kier alpha value is -1.46. The van der Waals surface area contributed by atoms with Crippen molar-refractivity contribution >= 4 is 5.91 Å². The van der Waals surface area contributed by atoms with Gasteiger partial charge in [-0.1, -0.05) is 18.9 Å². The van der Waals surface area contributed by atoms with Crippen LogP contribution in [0.15, 0.2) is 24.5 Å². The molecule has 25 heavy (non-hydrogen) atoms. The molecule has 2 saturated heterocycles. The number of carbonyl (C=O) groups excluding carboxylic acids is 1. The van der Waals surface area contributed by atoms with E-state index in [2.05, 4.69) is 20.1 Å². The second-order valence-electron chi connectivity index (χ2n) is 7.60. The smallest absolute Gasteiger partial charge is 0.234 e. The highest BCUT2D eigenvalue weighted by atomic mass is 16.2. The van der Waals surface area contributed by atoms with Crippen LogP contribution in [0.5, 0.6) is 0 Å². The molecule has 138 valence electrons. The van der Waals surface area contributed by atoms with Gasteiger partial charge in [0, 0.05) is 32.0 Å². The van der Waals surface area contributed by atoms with Crippen LogP contribution in [-0.4, -0.2) is 60.0 Å². The zero-order valence-corrected chi connectivity index (χ0v) is 15.3. The lowest BCUT2D eigenvalue weighted by molar-refractivity contribution is -0.122. The normalized spacial score (nSPS) is 23.1. The average Bonchev–Trinajstić information content (AvgIpc) is 2.90. The Kier molecular flexibility index (Phi) is 7.24. The van der Waals surface area contributed by atoms with Gasteiger partial charge in [-0.05, 0) is 62.9 Å². The molecule has 0 radical (unpaired) electrons. The first kappa shape index (κ1) is 18.3. The molecule has 1 atom stereocenters. The van der Waals surface area contributed by atoms with E-state index in [1.165, 1.54) is 58.2 Å². The zero-order chi connectivity index (χ0) is 17.3. The topological polar surface area (TPSA) is 48.5 Å². The molecular formula is C20H32N4O. The van der Waals surface area contributed by atoms with Crippen molar-refractivity contribution in [3.63, 3.8) is 0 Å². The summed E-state index contributed by atoms with van der Waals surface area (Å²) < 4.78 is 0. The molecule has 2 fully saturated rings. The van der Waals surface area contributed by atoms with Crippen LogP contribution in [0, 0.1) is 5.92 Å². The van der Waals surface area contributed by atoms with Crippen LogP contribution in [-0.2, 0) is 11.3 Å². The van der Waals surface area contributed by atoms with Gasteiger partial charge < -0.3 is 10.2 Å². The highest BCUT2D eigenvalue weighted by Crippen LogP contribution is 2.19. The summed E-state index contributed by atoms with van der Waals surface area (Å²) in [5, 5.41) is 3.02. The summed E-state index contributed by atoms with van der Waals surface area (Å²) in [6.07, 6.45) is 11.6. The Morgan fingerprint density at radius 1 is 1.12 bits per heavy atom. The van der Waals surface area contributed by atoms with Gasteiger partial charge in [-0.2, -0.15) is 0 Å². The lowest BCUT2D eigenvalue weighted by atomic mass is 9.97. The molecule has 5 nitrogen and oxygen atoms in total. The number of likely N-dealkylation sites (tertiary alicyclic amines) is 2. The molecule has 2 aliphatic heterocycles. The maximum absolute atomic E-state index is 12.2. The van der Waals surface area contributed by atoms with Gasteiger partial charge in [0.05, 0.1) is 6.54 Å². The summed E-state index contributed by atoms with van der Waals surface area (Å²) in [6.45, 7) is 6.96. The van der Waals surface area contributed by atoms with E-state index in [0.29, 0.717) is 13.1 Å². The molecule has 0 aliphatic carbocycles. The van der Waals surface area contributed by atoms with E-state index in [4.69, 9.17) is 0 Å². The summed E-state index contributed by atoms with van der Waals surface area (Å²) in [4.78, 5) is 21.3. The minimum Gasteiger partial charge on any atom is -0.351 e. The van der Waals surface area contributed by atoms with Crippen LogP contribution in [0.1, 0.15) is 44.1 Å². The summed E-state index contributed by atoms with van der Waals surface area (Å²) >= 11 is 0. The molecule has 5 heteroatoms. The molecule has 1 N–H and O–H groups in total. The zero-order valence-electron chi connectivity index (χ0n) is 15.3. The predicted octanol–water partition coefficient (Wildman–Crippen LogP) is 2.29. The number of carbonyl (C=O) groups is 1. The second-order valence-corrected chi connectivity index (χ2v) is 7.60. The SMILES string of the molecule is O=C(CN1CCCC(CN2CCCCCC2)C1)NCc1cccnc1. The number of rotatable bonds is 6. The number of nitrogens with zero attached hydrogens (tertiary/aromatic N) is 3. The van der Waals surface area contributed by atoms with Gasteiger partial charge in [0.1, 0.15) is 0 Å². The second kappa shape index (κ2) is 9.88. The summed E-state index contributed by atoms with van der Waals surface area (Å²) in [7, 11) is 0. The van der Waals surface area contributed by atoms with Crippen molar-refractivity contribution in [3.05, 3.63) is 30.1 Å². The van der Waals surface area contributed by atoms with Crippen LogP contribution in [0.2, 0.25) is 0 Å². The van der Waals surface area contributed by atoms with E-state index in [-0.39, 0.29) is 5.91 Å². The fourth-order valence-corrected chi connectivity index (χ4v) is 4.09. The number of pyridine rings is 1. The van der Waals surface area contributed by atoms with E-state index in [9.17, 15) is 4.79 Å². The van der Waals surface area contributed by atoms with Crippen molar-refractivity contribution in [2.75, 3.05) is 39.3 Å². The van der Waals surface area contributed by atoms with Crippen molar-refractivity contribution in [1.29, 1.82) is 0 Å². The maximum atomic E-state index is 12.2. The highest BCUT2D eigenvalue weighted by molar-refractivity contribution is 5.78. The Morgan fingerprint density at radius 2 is 1.92 bits per heavy atom. The van der Waals surface area contributed by atoms with Crippen molar-refractivity contribution in [1.82, 2.24) is 20.1 Å².